The van der Waals surface area contributed by atoms with E-state index < -0.39 is 10.0 Å². The van der Waals surface area contributed by atoms with Crippen LogP contribution in [0.25, 0.3) is 11.1 Å². The van der Waals surface area contributed by atoms with Gasteiger partial charge in [-0.3, -0.25) is 0 Å². The zero-order chi connectivity index (χ0) is 22.6. The van der Waals surface area contributed by atoms with E-state index in [4.69, 9.17) is 4.74 Å². The van der Waals surface area contributed by atoms with Crippen molar-refractivity contribution in [2.24, 2.45) is 0 Å². The molecule has 0 aliphatic carbocycles. The highest BCUT2D eigenvalue weighted by Crippen LogP contribution is 2.29. The lowest BCUT2D eigenvalue weighted by Crippen LogP contribution is -2.48. The van der Waals surface area contributed by atoms with E-state index in [1.807, 2.05) is 6.07 Å². The van der Waals surface area contributed by atoms with Crippen molar-refractivity contribution in [2.75, 3.05) is 18.9 Å². The van der Waals surface area contributed by atoms with E-state index >= 15 is 0 Å². The summed E-state index contributed by atoms with van der Waals surface area (Å²) < 4.78 is 32.9. The lowest BCUT2D eigenvalue weighted by Gasteiger charge is -2.28. The van der Waals surface area contributed by atoms with Crippen LogP contribution in [0.5, 0.6) is 0 Å². The van der Waals surface area contributed by atoms with Crippen molar-refractivity contribution in [1.82, 2.24) is 9.62 Å². The quantitative estimate of drug-likeness (QED) is 0.753. The minimum Gasteiger partial charge on any atom is -0.449 e. The molecule has 4 rings (SSSR count). The number of fused-ring (bicyclic) bond motifs is 5. The van der Waals surface area contributed by atoms with Gasteiger partial charge in [-0.2, -0.15) is 0 Å². The number of amides is 1. The van der Waals surface area contributed by atoms with Crippen molar-refractivity contribution in [3.63, 3.8) is 0 Å². The van der Waals surface area contributed by atoms with Crippen LogP contribution in [0.2, 0.25) is 0 Å². The molecule has 2 aromatic rings. The van der Waals surface area contributed by atoms with Crippen LogP contribution in [0, 0.1) is 0 Å². The first-order valence-corrected chi connectivity index (χ1v) is 13.2. The van der Waals surface area contributed by atoms with Crippen molar-refractivity contribution in [1.29, 1.82) is 0 Å². The van der Waals surface area contributed by atoms with Crippen molar-refractivity contribution in [3.8, 4) is 11.1 Å². The number of benzene rings is 2. The largest absolute Gasteiger partial charge is 0.449 e. The molecule has 0 radical (unpaired) electrons. The number of nitrogens with zero attached hydrogens (tertiary/aromatic N) is 1. The van der Waals surface area contributed by atoms with Gasteiger partial charge in [-0.1, -0.05) is 48.5 Å². The highest BCUT2D eigenvalue weighted by Gasteiger charge is 2.39. The first-order chi connectivity index (χ1) is 15.5. The monoisotopic (exact) mass is 456 g/mol. The molecule has 0 saturated carbocycles. The van der Waals surface area contributed by atoms with Crippen molar-refractivity contribution in [3.05, 3.63) is 59.7 Å². The lowest BCUT2D eigenvalue weighted by molar-refractivity contribution is 0.0947. The second kappa shape index (κ2) is 10.0. The molecule has 0 aromatic heterocycles. The Labute approximate surface area is 191 Å². The molecule has 2 aliphatic heterocycles. The minimum absolute atomic E-state index is 0.0208. The molecule has 0 spiro atoms. The van der Waals surface area contributed by atoms with Gasteiger partial charge in [-0.15, -0.1) is 0 Å². The van der Waals surface area contributed by atoms with Gasteiger partial charge in [-0.05, 0) is 67.7 Å². The summed E-state index contributed by atoms with van der Waals surface area (Å²) in [5.74, 6) is 0.0208. The summed E-state index contributed by atoms with van der Waals surface area (Å²) >= 11 is 0. The van der Waals surface area contributed by atoms with Crippen LogP contribution in [0.15, 0.2) is 48.5 Å². The molecule has 2 aromatic carbocycles. The van der Waals surface area contributed by atoms with Crippen LogP contribution >= 0.6 is 0 Å². The molecule has 7 heteroatoms. The molecule has 1 amide bonds. The Morgan fingerprint density at radius 1 is 1.09 bits per heavy atom. The predicted molar refractivity (Wildman–Crippen MR) is 126 cm³/mol. The van der Waals surface area contributed by atoms with Gasteiger partial charge in [0.1, 0.15) is 0 Å². The third-order valence-corrected chi connectivity index (χ3v) is 7.93. The van der Waals surface area contributed by atoms with E-state index in [-0.39, 0.29) is 23.9 Å². The molecule has 32 heavy (non-hydrogen) atoms. The van der Waals surface area contributed by atoms with Crippen LogP contribution in [-0.4, -0.2) is 50.4 Å². The number of ether oxygens (including phenoxy) is 1. The Morgan fingerprint density at radius 2 is 1.94 bits per heavy atom. The number of nitrogens with one attached hydrogen (secondary N) is 1. The number of aryl methyl sites for hydroxylation is 1. The Hall–Kier alpha value is -2.38. The number of carbonyl (C=O) groups is 1. The number of carbonyl (C=O) groups excluding carboxylic acids is 1. The molecule has 2 aliphatic rings. The van der Waals surface area contributed by atoms with E-state index in [2.05, 4.69) is 47.2 Å². The standard InChI is InChI=1S/C25H32N2O4S/c1-2-32(29,30)26-23-14-15-27-24(23)18-19-9-8-12-21(17-19)22-13-6-5-11-20(22)10-4-3-7-16-31-25(27)28/h5-6,8-9,11-13,17,23-24,26H,2-4,7,10,14-16,18H2,1H3. The van der Waals surface area contributed by atoms with Gasteiger partial charge < -0.3 is 9.64 Å². The van der Waals surface area contributed by atoms with Gasteiger partial charge in [0.2, 0.25) is 10.0 Å². The summed E-state index contributed by atoms with van der Waals surface area (Å²) in [5, 5.41) is 0. The summed E-state index contributed by atoms with van der Waals surface area (Å²) in [6, 6.07) is 16.3. The summed E-state index contributed by atoms with van der Waals surface area (Å²) in [6.45, 7) is 2.51. The van der Waals surface area contributed by atoms with Crippen LogP contribution in [-0.2, 0) is 27.6 Å². The average Bonchev–Trinajstić information content (AvgIpc) is 3.17. The Balaban J connectivity index is 1.68. The highest BCUT2D eigenvalue weighted by atomic mass is 32.2. The predicted octanol–water partition coefficient (Wildman–Crippen LogP) is 4.14. The summed E-state index contributed by atoms with van der Waals surface area (Å²) in [4.78, 5) is 14.6. The van der Waals surface area contributed by atoms with E-state index in [9.17, 15) is 13.2 Å². The Kier molecular flexibility index (Phi) is 7.16. The zero-order valence-electron chi connectivity index (χ0n) is 18.6. The van der Waals surface area contributed by atoms with Crippen molar-refractivity contribution >= 4 is 16.1 Å². The zero-order valence-corrected chi connectivity index (χ0v) is 19.4. The van der Waals surface area contributed by atoms with E-state index in [0.717, 1.165) is 36.8 Å². The molecule has 6 nitrogen and oxygen atoms in total. The van der Waals surface area contributed by atoms with Gasteiger partial charge in [0.25, 0.3) is 0 Å². The number of hydrogen-bond acceptors (Lipinski definition) is 4. The summed E-state index contributed by atoms with van der Waals surface area (Å²) in [7, 11) is -3.38. The fraction of sp³-hybridized carbons (Fsp3) is 0.480. The molecule has 1 N–H and O–H groups in total. The van der Waals surface area contributed by atoms with Gasteiger partial charge in [0.15, 0.2) is 0 Å². The fourth-order valence-corrected chi connectivity index (χ4v) is 5.65. The maximum atomic E-state index is 12.8. The van der Waals surface area contributed by atoms with Gasteiger partial charge in [0, 0.05) is 12.6 Å². The second-order valence-electron chi connectivity index (χ2n) is 8.66. The van der Waals surface area contributed by atoms with E-state index in [1.54, 1.807) is 11.8 Å². The average molecular weight is 457 g/mol. The molecule has 172 valence electrons. The van der Waals surface area contributed by atoms with Gasteiger partial charge in [-0.25, -0.2) is 17.9 Å². The smallest absolute Gasteiger partial charge is 0.410 e. The molecule has 2 heterocycles. The molecule has 2 atom stereocenters. The molecular weight excluding hydrogens is 424 g/mol. The highest BCUT2D eigenvalue weighted by molar-refractivity contribution is 7.89. The first kappa shape index (κ1) is 22.8. The van der Waals surface area contributed by atoms with E-state index in [1.165, 1.54) is 11.1 Å². The van der Waals surface area contributed by atoms with Crippen LogP contribution in [0.4, 0.5) is 4.79 Å². The number of cyclic esters (lactones) is 1. The molecule has 1 fully saturated rings. The molecule has 2 unspecified atom stereocenters. The topological polar surface area (TPSA) is 75.7 Å². The maximum absolute atomic E-state index is 12.8. The molecule has 1 saturated heterocycles. The number of rotatable bonds is 3. The van der Waals surface area contributed by atoms with Gasteiger partial charge in [0.05, 0.1) is 18.4 Å². The normalized spacial score (nSPS) is 22.3. The van der Waals surface area contributed by atoms with Gasteiger partial charge >= 0.3 is 6.09 Å². The lowest BCUT2D eigenvalue weighted by atomic mass is 9.93. The van der Waals surface area contributed by atoms with Crippen LogP contribution < -0.4 is 4.72 Å². The van der Waals surface area contributed by atoms with Crippen molar-refractivity contribution in [2.45, 2.75) is 57.5 Å². The molecular formula is C25H32N2O4S. The summed E-state index contributed by atoms with van der Waals surface area (Å²) in [5.41, 5.74) is 4.80. The van der Waals surface area contributed by atoms with E-state index in [0.29, 0.717) is 26.0 Å². The fourth-order valence-electron chi connectivity index (χ4n) is 4.75. The van der Waals surface area contributed by atoms with Crippen LogP contribution in [0.1, 0.15) is 43.7 Å². The minimum atomic E-state index is -3.38. The molecule has 2 bridgehead atoms. The third-order valence-electron chi connectivity index (χ3n) is 6.51. The number of sulfonamides is 1. The van der Waals surface area contributed by atoms with Crippen LogP contribution in [0.3, 0.4) is 0 Å². The third kappa shape index (κ3) is 5.33. The second-order valence-corrected chi connectivity index (χ2v) is 10.7. The number of hydrogen-bond donors (Lipinski definition) is 1. The van der Waals surface area contributed by atoms with Crippen molar-refractivity contribution < 1.29 is 17.9 Å². The Bertz CT molecular complexity index is 1050. The maximum Gasteiger partial charge on any atom is 0.410 e. The Morgan fingerprint density at radius 3 is 2.78 bits per heavy atom. The first-order valence-electron chi connectivity index (χ1n) is 11.6. The summed E-state index contributed by atoms with van der Waals surface area (Å²) in [6.07, 6.45) is 4.66. The SMILES string of the molecule is CCS(=O)(=O)NC1CCN2C(=O)OCCCCCc3ccccc3-c3cccc(c3)CC12.